The van der Waals surface area contributed by atoms with Gasteiger partial charge in [-0.05, 0) is 0 Å². The van der Waals surface area contributed by atoms with Gasteiger partial charge in [-0.15, -0.1) is 0 Å². The van der Waals surface area contributed by atoms with E-state index < -0.39 is 0 Å². The van der Waals surface area contributed by atoms with Crippen LogP contribution in [0.1, 0.15) is 13.3 Å². The lowest BCUT2D eigenvalue weighted by atomic mass is 10.5. The molecule has 0 bridgehead atoms. The smallest absolute Gasteiger partial charge is 0.238 e. The first-order valence-electron chi connectivity index (χ1n) is 3.55. The third-order valence-electron chi connectivity index (χ3n) is 1.22. The fraction of sp³-hybridized carbons (Fsp3) is 0.667. The van der Waals surface area contributed by atoms with E-state index in [2.05, 4.69) is 15.8 Å². The Morgan fingerprint density at radius 3 is 3.18 bits per heavy atom. The van der Waals surface area contributed by atoms with Gasteiger partial charge in [0.1, 0.15) is 0 Å². The molecule has 2 N–H and O–H groups in total. The third-order valence-corrected chi connectivity index (χ3v) is 2.11. The highest BCUT2D eigenvalue weighted by molar-refractivity contribution is 8.14. The monoisotopic (exact) mass is 173 g/mol. The fourth-order valence-corrected chi connectivity index (χ4v) is 1.30. The zero-order valence-corrected chi connectivity index (χ0v) is 7.20. The number of hydrogen-bond donors (Lipinski definition) is 2. The molecule has 0 aromatic heterocycles. The van der Waals surface area contributed by atoms with Gasteiger partial charge in [-0.3, -0.25) is 20.6 Å². The number of amidine groups is 1. The molecule has 1 aliphatic rings. The molecule has 1 heterocycles. The van der Waals surface area contributed by atoms with Gasteiger partial charge >= 0.3 is 0 Å². The second-order valence-electron chi connectivity index (χ2n) is 2.06. The Labute approximate surface area is 69.8 Å². The predicted molar refractivity (Wildman–Crippen MR) is 46.3 cm³/mol. The number of carbonyl (C=O) groups excluding carboxylic acids is 1. The highest BCUT2D eigenvalue weighted by atomic mass is 32.2. The van der Waals surface area contributed by atoms with Gasteiger partial charge in [0, 0.05) is 12.2 Å². The number of nitrogens with one attached hydrogen (secondary N) is 2. The van der Waals surface area contributed by atoms with Crippen molar-refractivity contribution in [2.24, 2.45) is 4.99 Å². The first-order valence-corrected chi connectivity index (χ1v) is 4.53. The number of rotatable bonds is 1. The van der Waals surface area contributed by atoms with Crippen molar-refractivity contribution in [3.05, 3.63) is 0 Å². The van der Waals surface area contributed by atoms with Crippen LogP contribution in [0.5, 0.6) is 0 Å². The minimum atomic E-state index is -0.0137. The Morgan fingerprint density at radius 2 is 2.64 bits per heavy atom. The van der Waals surface area contributed by atoms with Crippen LogP contribution < -0.4 is 10.9 Å². The number of thioether (sulfide) groups is 1. The SMILES string of the molecule is CCC(=O)NNC1=NCCS1. The van der Waals surface area contributed by atoms with Gasteiger partial charge < -0.3 is 0 Å². The van der Waals surface area contributed by atoms with Crippen LogP contribution in [0.25, 0.3) is 0 Å². The topological polar surface area (TPSA) is 53.5 Å². The molecule has 1 amide bonds. The van der Waals surface area contributed by atoms with Crippen LogP contribution in [0.3, 0.4) is 0 Å². The number of carbonyl (C=O) groups is 1. The molecule has 0 aliphatic carbocycles. The molecule has 0 spiro atoms. The summed E-state index contributed by atoms with van der Waals surface area (Å²) in [5, 5.41) is 0.812. The molecule has 1 aliphatic heterocycles. The van der Waals surface area contributed by atoms with Gasteiger partial charge in [-0.25, -0.2) is 0 Å². The summed E-state index contributed by atoms with van der Waals surface area (Å²) in [4.78, 5) is 14.8. The van der Waals surface area contributed by atoms with Crippen molar-refractivity contribution in [3.63, 3.8) is 0 Å². The first-order chi connectivity index (χ1) is 5.33. The predicted octanol–water partition coefficient (Wildman–Crippen LogP) is 0.120. The molecule has 0 unspecified atom stereocenters. The highest BCUT2D eigenvalue weighted by Crippen LogP contribution is 2.07. The average molecular weight is 173 g/mol. The molecule has 0 aromatic rings. The van der Waals surface area contributed by atoms with Crippen molar-refractivity contribution in [1.29, 1.82) is 0 Å². The van der Waals surface area contributed by atoms with E-state index in [4.69, 9.17) is 0 Å². The minimum Gasteiger partial charge on any atom is -0.277 e. The lowest BCUT2D eigenvalue weighted by molar-refractivity contribution is -0.121. The van der Waals surface area contributed by atoms with Gasteiger partial charge in [-0.2, -0.15) is 0 Å². The van der Waals surface area contributed by atoms with E-state index in [9.17, 15) is 4.79 Å². The van der Waals surface area contributed by atoms with Gasteiger partial charge in [0.15, 0.2) is 5.17 Å². The van der Waals surface area contributed by atoms with Crippen molar-refractivity contribution in [1.82, 2.24) is 10.9 Å². The number of hydrazine groups is 1. The van der Waals surface area contributed by atoms with Crippen LogP contribution in [-0.2, 0) is 4.79 Å². The van der Waals surface area contributed by atoms with E-state index in [0.29, 0.717) is 6.42 Å². The van der Waals surface area contributed by atoms with Gasteiger partial charge in [0.2, 0.25) is 5.91 Å². The summed E-state index contributed by atoms with van der Waals surface area (Å²) in [6.45, 7) is 2.65. The maximum Gasteiger partial charge on any atom is 0.238 e. The Hall–Kier alpha value is -0.710. The molecule has 5 heteroatoms. The number of hydrogen-bond acceptors (Lipinski definition) is 4. The summed E-state index contributed by atoms with van der Waals surface area (Å²) in [7, 11) is 0. The van der Waals surface area contributed by atoms with Crippen molar-refractivity contribution in [2.75, 3.05) is 12.3 Å². The zero-order chi connectivity index (χ0) is 8.10. The third kappa shape index (κ3) is 2.80. The molecule has 1 rings (SSSR count). The van der Waals surface area contributed by atoms with Crippen molar-refractivity contribution in [2.45, 2.75) is 13.3 Å². The molecule has 0 saturated heterocycles. The number of aliphatic imine (C=N–C) groups is 1. The molecule has 62 valence electrons. The summed E-state index contributed by atoms with van der Waals surface area (Å²) >= 11 is 1.62. The zero-order valence-electron chi connectivity index (χ0n) is 6.39. The quantitative estimate of drug-likeness (QED) is 0.554. The molecule has 0 radical (unpaired) electrons. The van der Waals surface area contributed by atoms with E-state index in [0.717, 1.165) is 17.5 Å². The maximum absolute atomic E-state index is 10.7. The van der Waals surface area contributed by atoms with Crippen LogP contribution in [0, 0.1) is 0 Å². The van der Waals surface area contributed by atoms with E-state index in [1.54, 1.807) is 18.7 Å². The first kappa shape index (κ1) is 8.39. The second-order valence-corrected chi connectivity index (χ2v) is 3.15. The van der Waals surface area contributed by atoms with Crippen LogP contribution in [-0.4, -0.2) is 23.4 Å². The lowest BCUT2D eigenvalue weighted by Crippen LogP contribution is -2.39. The Morgan fingerprint density at radius 1 is 1.82 bits per heavy atom. The van der Waals surface area contributed by atoms with E-state index in [1.807, 2.05) is 0 Å². The molecule has 11 heavy (non-hydrogen) atoms. The van der Waals surface area contributed by atoms with Gasteiger partial charge in [-0.1, -0.05) is 18.7 Å². The Balaban J connectivity index is 2.16. The fourth-order valence-electron chi connectivity index (χ4n) is 0.622. The summed E-state index contributed by atoms with van der Waals surface area (Å²) in [5.74, 6) is 0.991. The van der Waals surface area contributed by atoms with Crippen LogP contribution >= 0.6 is 11.8 Å². The number of nitrogens with zero attached hydrogens (tertiary/aromatic N) is 1. The summed E-state index contributed by atoms with van der Waals surface area (Å²) in [6, 6.07) is 0. The highest BCUT2D eigenvalue weighted by Gasteiger charge is 2.06. The van der Waals surface area contributed by atoms with Crippen molar-refractivity contribution in [3.8, 4) is 0 Å². The average Bonchev–Trinajstić information content (AvgIpc) is 2.52. The van der Waals surface area contributed by atoms with Crippen LogP contribution in [0.4, 0.5) is 0 Å². The second kappa shape index (κ2) is 4.23. The Bertz CT molecular complexity index is 181. The van der Waals surface area contributed by atoms with E-state index >= 15 is 0 Å². The normalized spacial score (nSPS) is 15.9. The largest absolute Gasteiger partial charge is 0.277 e. The molecule has 0 saturated carbocycles. The number of amides is 1. The maximum atomic E-state index is 10.7. The molecular weight excluding hydrogens is 162 g/mol. The molecular formula is C6H11N3OS. The minimum absolute atomic E-state index is 0.0137. The molecule has 0 atom stereocenters. The summed E-state index contributed by atoms with van der Waals surface area (Å²) in [5.41, 5.74) is 5.28. The van der Waals surface area contributed by atoms with E-state index in [1.165, 1.54) is 0 Å². The summed E-state index contributed by atoms with van der Waals surface area (Å²) in [6.07, 6.45) is 0.491. The van der Waals surface area contributed by atoms with Crippen LogP contribution in [0.15, 0.2) is 4.99 Å². The Kier molecular flexibility index (Phi) is 3.22. The summed E-state index contributed by atoms with van der Waals surface area (Å²) < 4.78 is 0. The van der Waals surface area contributed by atoms with Crippen molar-refractivity contribution >= 4 is 22.8 Å². The molecule has 4 nitrogen and oxygen atoms in total. The van der Waals surface area contributed by atoms with E-state index in [-0.39, 0.29) is 5.91 Å². The molecule has 0 aromatic carbocycles. The van der Waals surface area contributed by atoms with Gasteiger partial charge in [0.25, 0.3) is 0 Å². The standard InChI is InChI=1S/C6H11N3OS/c1-2-5(10)8-9-6-7-3-4-11-6/h2-4H2,1H3,(H,7,9)(H,8,10). The molecule has 0 fully saturated rings. The van der Waals surface area contributed by atoms with Crippen molar-refractivity contribution < 1.29 is 4.79 Å². The lowest BCUT2D eigenvalue weighted by Gasteiger charge is -2.04. The van der Waals surface area contributed by atoms with Gasteiger partial charge in [0.05, 0.1) is 6.54 Å². The van der Waals surface area contributed by atoms with Crippen LogP contribution in [0.2, 0.25) is 0 Å².